The molecule has 3 aliphatic rings. The maximum atomic E-state index is 14.3. The third-order valence-corrected chi connectivity index (χ3v) is 7.45. The Morgan fingerprint density at radius 3 is 2.49 bits per heavy atom. The number of allylic oxidation sites excluding steroid dienone is 2. The molecule has 0 fully saturated rings. The first-order valence-electron chi connectivity index (χ1n) is 11.9. The Morgan fingerprint density at radius 1 is 1.22 bits per heavy atom. The summed E-state index contributed by atoms with van der Waals surface area (Å²) in [6.07, 6.45) is -4.44. The van der Waals surface area contributed by atoms with E-state index >= 15 is 0 Å². The van der Waals surface area contributed by atoms with Crippen LogP contribution in [0, 0.1) is 11.8 Å². The van der Waals surface area contributed by atoms with Crippen LogP contribution in [0.2, 0.25) is 0 Å². The van der Waals surface area contributed by atoms with Gasteiger partial charge in [0.2, 0.25) is 5.78 Å². The molecule has 1 amide bonds. The zero-order valence-corrected chi connectivity index (χ0v) is 19.9. The Kier molecular flexibility index (Phi) is 6.62. The van der Waals surface area contributed by atoms with Gasteiger partial charge in [0.1, 0.15) is 22.8 Å². The van der Waals surface area contributed by atoms with E-state index in [0.717, 1.165) is 18.9 Å². The standard InChI is InChI=1S/C25H27F3N2O7/c1-2-3-4-30-9-11-7-14(31)17-13(19(11)25(26,27)28)6-10-5-12-8-15(32)18(23(29)36)22(35)24(12,37)21(34)16(10)20(17)33/h7,10,12,30-32,34,37H,2-6,8-9H2,1H3,(H2,29,36)/t10?,12-,24-/m0/s1. The molecule has 0 saturated carbocycles. The van der Waals surface area contributed by atoms with Crippen LogP contribution < -0.4 is 11.1 Å². The van der Waals surface area contributed by atoms with Gasteiger partial charge in [0, 0.05) is 24.5 Å². The second kappa shape index (κ2) is 9.18. The lowest BCUT2D eigenvalue weighted by molar-refractivity contribution is -0.144. The van der Waals surface area contributed by atoms with E-state index < -0.39 is 99.0 Å². The molecule has 1 unspecified atom stereocenters. The number of nitrogens with one attached hydrogen (secondary N) is 1. The molecule has 0 saturated heterocycles. The van der Waals surface area contributed by atoms with Gasteiger partial charge in [-0.3, -0.25) is 14.4 Å². The molecule has 3 atom stereocenters. The number of phenols is 1. The van der Waals surface area contributed by atoms with Crippen LogP contribution in [0.4, 0.5) is 13.2 Å². The zero-order valence-electron chi connectivity index (χ0n) is 19.9. The average molecular weight is 524 g/mol. The quantitative estimate of drug-likeness (QED) is 0.243. The van der Waals surface area contributed by atoms with Gasteiger partial charge in [0.15, 0.2) is 11.4 Å². The largest absolute Gasteiger partial charge is 0.511 e. The number of unbranched alkanes of at least 4 members (excludes halogenated alkanes) is 1. The number of primary amides is 1. The minimum atomic E-state index is -4.86. The second-order valence-electron chi connectivity index (χ2n) is 9.72. The van der Waals surface area contributed by atoms with Gasteiger partial charge in [-0.1, -0.05) is 13.3 Å². The topological polar surface area (TPSA) is 170 Å². The summed E-state index contributed by atoms with van der Waals surface area (Å²) in [6.45, 7) is 2.18. The third kappa shape index (κ3) is 4.08. The van der Waals surface area contributed by atoms with Crippen molar-refractivity contribution in [1.82, 2.24) is 5.32 Å². The normalized spacial score (nSPS) is 25.6. The van der Waals surface area contributed by atoms with E-state index in [9.17, 15) is 48.0 Å². The van der Waals surface area contributed by atoms with Gasteiger partial charge in [-0.05, 0) is 48.9 Å². The molecule has 9 nitrogen and oxygen atoms in total. The molecular formula is C25H27F3N2O7. The fourth-order valence-corrected chi connectivity index (χ4v) is 5.78. The molecule has 0 aliphatic heterocycles. The highest BCUT2D eigenvalue weighted by atomic mass is 19.4. The Bertz CT molecular complexity index is 1270. The van der Waals surface area contributed by atoms with Crippen molar-refractivity contribution in [3.8, 4) is 5.75 Å². The second-order valence-corrected chi connectivity index (χ2v) is 9.72. The van der Waals surface area contributed by atoms with Gasteiger partial charge in [-0.15, -0.1) is 0 Å². The number of rotatable bonds is 6. The summed E-state index contributed by atoms with van der Waals surface area (Å²) >= 11 is 0. The van der Waals surface area contributed by atoms with Crippen molar-refractivity contribution >= 4 is 17.5 Å². The molecule has 0 aromatic heterocycles. The number of hydrogen-bond acceptors (Lipinski definition) is 8. The maximum absolute atomic E-state index is 14.3. The number of fused-ring (bicyclic) bond motifs is 3. The first-order valence-corrected chi connectivity index (χ1v) is 11.9. The SMILES string of the molecule is CCCCNCc1cc(O)c2c(c1C(F)(F)F)CC1C[C@H]3CC(O)=C(C(N)=O)C(=O)[C@@]3(O)C(O)=C1C2=O. The minimum Gasteiger partial charge on any atom is -0.511 e. The van der Waals surface area contributed by atoms with Gasteiger partial charge in [0.25, 0.3) is 5.91 Å². The molecule has 0 spiro atoms. The van der Waals surface area contributed by atoms with Gasteiger partial charge in [0.05, 0.1) is 11.1 Å². The zero-order chi connectivity index (χ0) is 27.4. The monoisotopic (exact) mass is 524 g/mol. The van der Waals surface area contributed by atoms with Crippen molar-refractivity contribution in [3.63, 3.8) is 0 Å². The average Bonchev–Trinajstić information content (AvgIpc) is 2.77. The number of carbonyl (C=O) groups is 3. The van der Waals surface area contributed by atoms with Crippen molar-refractivity contribution in [2.24, 2.45) is 17.6 Å². The smallest absolute Gasteiger partial charge is 0.417 e. The molecule has 1 aromatic carbocycles. The van der Waals surface area contributed by atoms with Crippen LogP contribution in [0.3, 0.4) is 0 Å². The van der Waals surface area contributed by atoms with E-state index in [4.69, 9.17) is 5.73 Å². The van der Waals surface area contributed by atoms with Crippen molar-refractivity contribution < 1.29 is 48.0 Å². The Labute approximate surface area is 209 Å². The number of nitrogens with two attached hydrogens (primary N) is 1. The number of hydrogen-bond donors (Lipinski definition) is 6. The van der Waals surface area contributed by atoms with Crippen molar-refractivity contribution in [2.45, 2.75) is 57.3 Å². The fraction of sp³-hybridized carbons (Fsp3) is 0.480. The number of aromatic hydroxyl groups is 1. The molecular weight excluding hydrogens is 497 g/mol. The van der Waals surface area contributed by atoms with Crippen molar-refractivity contribution in [2.75, 3.05) is 6.54 Å². The summed E-state index contributed by atoms with van der Waals surface area (Å²) in [6, 6.07) is 0.856. The molecule has 12 heteroatoms. The molecule has 37 heavy (non-hydrogen) atoms. The van der Waals surface area contributed by atoms with Gasteiger partial charge < -0.3 is 31.5 Å². The van der Waals surface area contributed by atoms with Crippen LogP contribution in [0.1, 0.15) is 59.7 Å². The Balaban J connectivity index is 1.86. The van der Waals surface area contributed by atoms with Crippen LogP contribution in [0.5, 0.6) is 5.75 Å². The number of aliphatic hydroxyl groups excluding tert-OH is 2. The number of Topliss-reactive ketones (excluding diaryl/α,β-unsaturated/α-hetero) is 2. The van der Waals surface area contributed by atoms with Gasteiger partial charge in [-0.25, -0.2) is 0 Å². The number of benzene rings is 1. The molecule has 0 radical (unpaired) electrons. The summed E-state index contributed by atoms with van der Waals surface area (Å²) in [5, 5.41) is 45.9. The van der Waals surface area contributed by atoms with E-state index in [1.807, 2.05) is 6.92 Å². The minimum absolute atomic E-state index is 0.200. The van der Waals surface area contributed by atoms with Crippen LogP contribution in [-0.4, -0.2) is 50.0 Å². The summed E-state index contributed by atoms with van der Waals surface area (Å²) in [7, 11) is 0. The van der Waals surface area contributed by atoms with E-state index in [-0.39, 0.29) is 18.5 Å². The fourth-order valence-electron chi connectivity index (χ4n) is 5.78. The maximum Gasteiger partial charge on any atom is 0.417 e. The lowest BCUT2D eigenvalue weighted by atomic mass is 9.60. The Morgan fingerprint density at radius 2 is 1.89 bits per heavy atom. The number of aliphatic hydroxyl groups is 3. The van der Waals surface area contributed by atoms with Crippen LogP contribution in [0.15, 0.2) is 28.7 Å². The highest BCUT2D eigenvalue weighted by molar-refractivity contribution is 6.24. The molecule has 1 aromatic rings. The van der Waals surface area contributed by atoms with E-state index in [1.165, 1.54) is 0 Å². The van der Waals surface area contributed by atoms with Crippen LogP contribution >= 0.6 is 0 Å². The van der Waals surface area contributed by atoms with Crippen molar-refractivity contribution in [3.05, 3.63) is 51.0 Å². The number of halogens is 3. The summed E-state index contributed by atoms with van der Waals surface area (Å²) in [5.41, 5.74) is -1.47. The number of alkyl halides is 3. The van der Waals surface area contributed by atoms with E-state index in [0.29, 0.717) is 6.54 Å². The molecule has 3 aliphatic carbocycles. The highest BCUT2D eigenvalue weighted by Gasteiger charge is 2.60. The number of amides is 1. The predicted molar refractivity (Wildman–Crippen MR) is 122 cm³/mol. The van der Waals surface area contributed by atoms with E-state index in [2.05, 4.69) is 5.32 Å². The van der Waals surface area contributed by atoms with Gasteiger partial charge >= 0.3 is 6.18 Å². The van der Waals surface area contributed by atoms with Crippen molar-refractivity contribution in [1.29, 1.82) is 0 Å². The molecule has 7 N–H and O–H groups in total. The first-order chi connectivity index (χ1) is 17.2. The van der Waals surface area contributed by atoms with Gasteiger partial charge in [-0.2, -0.15) is 13.2 Å². The Hall–Kier alpha value is -3.38. The van der Waals surface area contributed by atoms with E-state index in [1.54, 1.807) is 0 Å². The number of ketones is 2. The third-order valence-electron chi connectivity index (χ3n) is 7.45. The molecule has 4 rings (SSSR count). The van der Waals surface area contributed by atoms with Crippen LogP contribution in [0.25, 0.3) is 0 Å². The summed E-state index contributed by atoms with van der Waals surface area (Å²) in [4.78, 5) is 38.1. The molecule has 200 valence electrons. The predicted octanol–water partition coefficient (Wildman–Crippen LogP) is 2.49. The van der Waals surface area contributed by atoms with Crippen LogP contribution in [-0.2, 0) is 28.7 Å². The molecule has 0 heterocycles. The molecule has 0 bridgehead atoms. The summed E-state index contributed by atoms with van der Waals surface area (Å²) < 4.78 is 42.8. The highest BCUT2D eigenvalue weighted by Crippen LogP contribution is 2.53. The summed E-state index contributed by atoms with van der Waals surface area (Å²) in [5.74, 6) is -8.72. The number of phenolic OH excluding ortho intramolecular Hbond substituents is 1. The first kappa shape index (κ1) is 26.7. The lowest BCUT2D eigenvalue weighted by Crippen LogP contribution is -2.57. The number of carbonyl (C=O) groups excluding carboxylic acids is 3. The lowest BCUT2D eigenvalue weighted by Gasteiger charge is -2.45.